The number of carbonyl (C=O) groups excluding carboxylic acids is 5. The van der Waals surface area contributed by atoms with E-state index in [4.69, 9.17) is 38.1 Å². The van der Waals surface area contributed by atoms with Crippen LogP contribution in [0.4, 0.5) is 15.3 Å². The molecule has 0 saturated heterocycles. The fourth-order valence-corrected chi connectivity index (χ4v) is 13.5. The molecule has 26 nitrogen and oxygen atoms in total. The number of aromatic nitrogens is 6. The molecule has 6 aromatic heterocycles. The standard InChI is InChI=1S/C86H94N12O14/c1-6-70-71-47-68(30-31-75(71)94-79-72(70)56-98-76(79)48-74-73(80(98)100)57-110-82(102)86(74,105)7-2)111-81(101)61-26-28-63(29-27-61)93-83(103)97(51-62-20-8-9-25-77(62)109-58-78(99)91-36-40-106-42-43-107-41-37-92-84(104)112-85(3,4)5)38-18-19-39-108-69-45-59(49-95(52-64-21-10-14-32-87-64)53-65-22-11-15-33-88-65)44-60(46-69)50-96(54-66-23-12-16-34-89-66)55-67-24-13-17-35-90-67/h8-17,20-35,44-48,105H,6-7,18-19,36-43,49-58H2,1-5H3,(H,91,99)(H,92,104)(H,93,103)/t86-/m0/s1. The molecule has 0 fully saturated rings. The van der Waals surface area contributed by atoms with Crippen molar-refractivity contribution in [1.29, 1.82) is 0 Å². The molecular formula is C86H94N12O14. The van der Waals surface area contributed by atoms with Crippen molar-refractivity contribution in [3.05, 3.63) is 266 Å². The SMILES string of the molecule is CCc1c2c(nc3ccc(OC(=O)c4ccc(NC(=O)N(CCCCOc5cc(CN(Cc6ccccn6)Cc6ccccn6)cc(CN(Cc6ccccn6)Cc6ccccn6)c5)Cc5ccccc5OCC(=O)NCCOCCOCCNC(=O)OC(C)(C)C)cc4)cc13)-c1cc3c(c(=O)n1C2)COC(=O)[C@]3(O)CC. The van der Waals surface area contributed by atoms with Crippen molar-refractivity contribution in [2.24, 2.45) is 0 Å². The Morgan fingerprint density at radius 3 is 1.79 bits per heavy atom. The van der Waals surface area contributed by atoms with Crippen molar-refractivity contribution in [3.8, 4) is 28.6 Å². The fraction of sp³-hybridized carbons (Fsp3) is 0.337. The molecule has 2 aliphatic rings. The molecular weight excluding hydrogens is 1430 g/mol. The maximum Gasteiger partial charge on any atom is 0.407 e. The number of esters is 2. The van der Waals surface area contributed by atoms with Gasteiger partial charge in [-0.2, -0.15) is 0 Å². The Kier molecular flexibility index (Phi) is 27.2. The predicted molar refractivity (Wildman–Crippen MR) is 420 cm³/mol. The van der Waals surface area contributed by atoms with Crippen LogP contribution < -0.4 is 35.7 Å². The summed E-state index contributed by atoms with van der Waals surface area (Å²) >= 11 is 0. The molecule has 0 spiro atoms. The Labute approximate surface area is 650 Å². The lowest BCUT2D eigenvalue weighted by atomic mass is 9.86. The number of ether oxygens (including phenoxy) is 7. The van der Waals surface area contributed by atoms with Crippen molar-refractivity contribution in [3.63, 3.8) is 0 Å². The monoisotopic (exact) mass is 1520 g/mol. The molecule has 4 aromatic carbocycles. The zero-order valence-electron chi connectivity index (χ0n) is 63.7. The Bertz CT molecular complexity index is 4750. The van der Waals surface area contributed by atoms with Gasteiger partial charge in [0.2, 0.25) is 0 Å². The largest absolute Gasteiger partial charge is 0.494 e. The van der Waals surface area contributed by atoms with E-state index < -0.39 is 35.3 Å². The van der Waals surface area contributed by atoms with E-state index in [0.29, 0.717) is 105 Å². The molecule has 112 heavy (non-hydrogen) atoms. The third-order valence-electron chi connectivity index (χ3n) is 18.9. The highest BCUT2D eigenvalue weighted by atomic mass is 16.6. The quantitative estimate of drug-likeness (QED) is 0.0160. The minimum Gasteiger partial charge on any atom is -0.494 e. The Balaban J connectivity index is 0.725. The topological polar surface area (TPSA) is 302 Å². The zero-order chi connectivity index (χ0) is 78.4. The van der Waals surface area contributed by atoms with Crippen LogP contribution in [0.3, 0.4) is 0 Å². The summed E-state index contributed by atoms with van der Waals surface area (Å²) in [5.74, 6) is -0.453. The molecule has 4 N–H and O–H groups in total. The summed E-state index contributed by atoms with van der Waals surface area (Å²) in [5.41, 5.74) is 7.97. The van der Waals surface area contributed by atoms with Crippen molar-refractivity contribution >= 4 is 46.6 Å². The van der Waals surface area contributed by atoms with Gasteiger partial charge in [0.1, 0.15) is 29.5 Å². The number of fused-ring (bicyclic) bond motifs is 5. The minimum absolute atomic E-state index is 0.0226. The summed E-state index contributed by atoms with van der Waals surface area (Å²) in [6.45, 7) is 14.4. The first-order valence-corrected chi connectivity index (χ1v) is 37.8. The van der Waals surface area contributed by atoms with Crippen LogP contribution in [0.2, 0.25) is 0 Å². The number of hydrogen-bond acceptors (Lipinski definition) is 21. The van der Waals surface area contributed by atoms with Crippen LogP contribution in [-0.4, -0.2) is 144 Å². The van der Waals surface area contributed by atoms with Crippen LogP contribution in [0.15, 0.2) is 193 Å². The van der Waals surface area contributed by atoms with Gasteiger partial charge in [-0.15, -0.1) is 0 Å². The van der Waals surface area contributed by atoms with E-state index in [0.717, 1.165) is 50.4 Å². The van der Waals surface area contributed by atoms with Crippen LogP contribution in [0.1, 0.15) is 126 Å². The average Bonchev–Trinajstić information content (AvgIpc) is 1.61. The van der Waals surface area contributed by atoms with Crippen LogP contribution >= 0.6 is 0 Å². The molecule has 0 bridgehead atoms. The third kappa shape index (κ3) is 21.6. The van der Waals surface area contributed by atoms with E-state index in [2.05, 4.69) is 63.9 Å². The second-order valence-electron chi connectivity index (χ2n) is 28.4. The van der Waals surface area contributed by atoms with Gasteiger partial charge in [-0.3, -0.25) is 39.3 Å². The molecule has 1 atom stereocenters. The van der Waals surface area contributed by atoms with Gasteiger partial charge in [-0.25, -0.2) is 24.2 Å². The molecule has 26 heteroatoms. The summed E-state index contributed by atoms with van der Waals surface area (Å²) in [4.78, 5) is 111. The number of urea groups is 1. The molecule has 0 unspecified atom stereocenters. The molecule has 10 aromatic rings. The summed E-state index contributed by atoms with van der Waals surface area (Å²) < 4.78 is 42.1. The van der Waals surface area contributed by atoms with Crippen LogP contribution in [0.25, 0.3) is 22.3 Å². The van der Waals surface area contributed by atoms with E-state index in [-0.39, 0.29) is 113 Å². The van der Waals surface area contributed by atoms with Gasteiger partial charge in [-0.1, -0.05) is 62.4 Å². The van der Waals surface area contributed by atoms with Crippen LogP contribution in [0, 0.1) is 0 Å². The second-order valence-corrected chi connectivity index (χ2v) is 28.4. The number of amides is 4. The third-order valence-corrected chi connectivity index (χ3v) is 18.9. The number of cyclic esters (lactones) is 1. The molecule has 0 aliphatic carbocycles. The summed E-state index contributed by atoms with van der Waals surface area (Å²) in [7, 11) is 0. The van der Waals surface area contributed by atoms with E-state index in [1.165, 1.54) is 0 Å². The van der Waals surface area contributed by atoms with E-state index >= 15 is 0 Å². The van der Waals surface area contributed by atoms with Gasteiger partial charge in [0, 0.05) is 111 Å². The number of aliphatic hydroxyl groups is 1. The highest BCUT2D eigenvalue weighted by Crippen LogP contribution is 2.41. The number of hydrogen-bond donors (Lipinski definition) is 4. The van der Waals surface area contributed by atoms with Crippen LogP contribution in [0.5, 0.6) is 17.2 Å². The first-order chi connectivity index (χ1) is 54.3. The lowest BCUT2D eigenvalue weighted by Crippen LogP contribution is -2.44. The Hall–Kier alpha value is -11.8. The molecule has 582 valence electrons. The molecule has 12 rings (SSSR count). The number of pyridine rings is 6. The number of benzene rings is 4. The van der Waals surface area contributed by atoms with Gasteiger partial charge >= 0.3 is 24.1 Å². The van der Waals surface area contributed by atoms with Crippen molar-refractivity contribution < 1.29 is 62.2 Å². The predicted octanol–water partition coefficient (Wildman–Crippen LogP) is 11.8. The van der Waals surface area contributed by atoms with Gasteiger partial charge in [-0.05, 0) is 178 Å². The number of aryl methyl sites for hydroxylation is 1. The number of rotatable bonds is 37. The molecule has 8 heterocycles. The number of nitrogens with one attached hydrogen (secondary N) is 3. The first kappa shape index (κ1) is 79.7. The van der Waals surface area contributed by atoms with E-state index in [1.54, 1.807) is 123 Å². The van der Waals surface area contributed by atoms with Crippen molar-refractivity contribution in [2.45, 2.75) is 130 Å². The normalized spacial score (nSPS) is 13.6. The van der Waals surface area contributed by atoms with Crippen molar-refractivity contribution in [2.75, 3.05) is 64.6 Å². The smallest absolute Gasteiger partial charge is 0.407 e. The minimum atomic E-state index is -1.96. The number of alkyl carbamates (subject to hydrolysis) is 1. The summed E-state index contributed by atoms with van der Waals surface area (Å²) in [6.07, 6.45) is 8.35. The number of carbonyl (C=O) groups is 5. The number of para-hydroxylation sites is 1. The summed E-state index contributed by atoms with van der Waals surface area (Å²) in [5, 5.41) is 20.7. The molecule has 0 radical (unpaired) electrons. The van der Waals surface area contributed by atoms with Gasteiger partial charge < -0.3 is 63.7 Å². The molecule has 0 saturated carbocycles. The number of unbranched alkanes of at least 4 members (excludes halogenated alkanes) is 1. The highest BCUT2D eigenvalue weighted by molar-refractivity contribution is 5.95. The lowest BCUT2D eigenvalue weighted by molar-refractivity contribution is -0.172. The maximum atomic E-state index is 14.8. The van der Waals surface area contributed by atoms with Gasteiger partial charge in [0.25, 0.3) is 11.5 Å². The Morgan fingerprint density at radius 2 is 1.21 bits per heavy atom. The summed E-state index contributed by atoms with van der Waals surface area (Å²) in [6, 6.07) is 50.2. The van der Waals surface area contributed by atoms with Gasteiger partial charge in [0.15, 0.2) is 12.2 Å². The van der Waals surface area contributed by atoms with Crippen LogP contribution in [-0.2, 0) is 99.5 Å². The van der Waals surface area contributed by atoms with Crippen molar-refractivity contribution in [1.82, 2.24) is 54.8 Å². The Morgan fingerprint density at radius 1 is 0.616 bits per heavy atom. The average molecular weight is 1520 g/mol. The zero-order valence-corrected chi connectivity index (χ0v) is 63.7. The highest BCUT2D eigenvalue weighted by Gasteiger charge is 2.45. The van der Waals surface area contributed by atoms with E-state index in [1.807, 2.05) is 91.9 Å². The molecule has 2 aliphatic heterocycles. The second kappa shape index (κ2) is 38.2. The number of anilines is 1. The maximum absolute atomic E-state index is 14.8. The first-order valence-electron chi connectivity index (χ1n) is 37.8. The fourth-order valence-electron chi connectivity index (χ4n) is 13.5. The molecule has 4 amide bonds. The van der Waals surface area contributed by atoms with Gasteiger partial charge in [0.05, 0.1) is 96.9 Å². The number of nitrogens with zero attached hydrogens (tertiary/aromatic N) is 9. The van der Waals surface area contributed by atoms with E-state index in [9.17, 15) is 33.9 Å². The lowest BCUT2D eigenvalue weighted by Gasteiger charge is -2.31.